The number of amides is 1. The summed E-state index contributed by atoms with van der Waals surface area (Å²) >= 11 is 0. The molecule has 5 nitrogen and oxygen atoms in total. The number of para-hydroxylation sites is 1. The summed E-state index contributed by atoms with van der Waals surface area (Å²) in [5.41, 5.74) is 0.306. The van der Waals surface area contributed by atoms with Crippen LogP contribution in [0.5, 0.6) is 11.5 Å². The van der Waals surface area contributed by atoms with E-state index >= 15 is 0 Å². The Bertz CT molecular complexity index is 694. The SMILES string of the molecule is Cl.O=C(CC1COCCN1)Nc1cc(F)ccc1Oc1ccccc1. The van der Waals surface area contributed by atoms with Gasteiger partial charge in [0, 0.05) is 25.1 Å². The Balaban J connectivity index is 0.00000225. The molecular formula is C18H20ClFN2O3. The van der Waals surface area contributed by atoms with E-state index in [2.05, 4.69) is 10.6 Å². The summed E-state index contributed by atoms with van der Waals surface area (Å²) in [6.07, 6.45) is 0.251. The highest BCUT2D eigenvalue weighted by molar-refractivity contribution is 5.92. The van der Waals surface area contributed by atoms with Crippen molar-refractivity contribution in [1.82, 2.24) is 5.32 Å². The number of hydrogen-bond donors (Lipinski definition) is 2. The van der Waals surface area contributed by atoms with Crippen molar-refractivity contribution in [3.8, 4) is 11.5 Å². The van der Waals surface area contributed by atoms with Crippen LogP contribution in [0, 0.1) is 5.82 Å². The highest BCUT2D eigenvalue weighted by Gasteiger charge is 2.18. The molecule has 2 aromatic rings. The van der Waals surface area contributed by atoms with Gasteiger partial charge in [-0.15, -0.1) is 12.4 Å². The lowest BCUT2D eigenvalue weighted by Crippen LogP contribution is -2.43. The molecule has 1 saturated heterocycles. The molecule has 0 spiro atoms. The number of halogens is 2. The van der Waals surface area contributed by atoms with Crippen molar-refractivity contribution in [3.05, 3.63) is 54.3 Å². The van der Waals surface area contributed by atoms with Gasteiger partial charge in [-0.25, -0.2) is 4.39 Å². The Morgan fingerprint density at radius 1 is 1.28 bits per heavy atom. The Morgan fingerprint density at radius 2 is 2.08 bits per heavy atom. The zero-order chi connectivity index (χ0) is 16.8. The predicted octanol–water partition coefficient (Wildman–Crippen LogP) is 3.36. The summed E-state index contributed by atoms with van der Waals surface area (Å²) in [6, 6.07) is 13.1. The molecule has 0 aromatic heterocycles. The van der Waals surface area contributed by atoms with Gasteiger partial charge in [0.25, 0.3) is 0 Å². The first-order valence-corrected chi connectivity index (χ1v) is 7.84. The molecular weight excluding hydrogens is 347 g/mol. The van der Waals surface area contributed by atoms with Crippen LogP contribution < -0.4 is 15.4 Å². The Kier molecular flexibility index (Phi) is 7.18. The lowest BCUT2D eigenvalue weighted by Gasteiger charge is -2.23. The number of anilines is 1. The van der Waals surface area contributed by atoms with E-state index in [-0.39, 0.29) is 30.8 Å². The highest BCUT2D eigenvalue weighted by atomic mass is 35.5. The zero-order valence-corrected chi connectivity index (χ0v) is 14.4. The maximum absolute atomic E-state index is 13.6. The minimum absolute atomic E-state index is 0. The van der Waals surface area contributed by atoms with Crippen LogP contribution in [0.2, 0.25) is 0 Å². The molecule has 1 aliphatic rings. The lowest BCUT2D eigenvalue weighted by atomic mass is 10.2. The molecule has 0 radical (unpaired) electrons. The van der Waals surface area contributed by atoms with Crippen LogP contribution in [0.1, 0.15) is 6.42 Å². The van der Waals surface area contributed by atoms with Crippen molar-refractivity contribution >= 4 is 24.0 Å². The zero-order valence-electron chi connectivity index (χ0n) is 13.5. The number of nitrogens with one attached hydrogen (secondary N) is 2. The van der Waals surface area contributed by atoms with Crippen molar-refractivity contribution < 1.29 is 18.7 Å². The molecule has 1 unspecified atom stereocenters. The van der Waals surface area contributed by atoms with E-state index in [9.17, 15) is 9.18 Å². The first kappa shape index (κ1) is 19.2. The van der Waals surface area contributed by atoms with E-state index in [0.717, 1.165) is 6.54 Å². The third-order valence-electron chi connectivity index (χ3n) is 3.62. The summed E-state index contributed by atoms with van der Waals surface area (Å²) in [4.78, 5) is 12.2. The first-order valence-electron chi connectivity index (χ1n) is 7.84. The fraction of sp³-hybridized carbons (Fsp3) is 0.278. The van der Waals surface area contributed by atoms with Gasteiger partial charge in [-0.2, -0.15) is 0 Å². The molecule has 1 aliphatic heterocycles. The van der Waals surface area contributed by atoms with Crippen LogP contribution in [-0.4, -0.2) is 31.7 Å². The van der Waals surface area contributed by atoms with Gasteiger partial charge in [-0.1, -0.05) is 18.2 Å². The summed E-state index contributed by atoms with van der Waals surface area (Å²) in [7, 11) is 0. The molecule has 1 heterocycles. The minimum atomic E-state index is -0.440. The van der Waals surface area contributed by atoms with E-state index < -0.39 is 5.82 Å². The minimum Gasteiger partial charge on any atom is -0.455 e. The topological polar surface area (TPSA) is 59.6 Å². The maximum Gasteiger partial charge on any atom is 0.226 e. The first-order chi connectivity index (χ1) is 11.7. The Hall–Kier alpha value is -2.15. The summed E-state index contributed by atoms with van der Waals surface area (Å²) in [5, 5.41) is 5.93. The number of morpholine rings is 1. The Labute approximate surface area is 151 Å². The van der Waals surface area contributed by atoms with Crippen molar-refractivity contribution in [3.63, 3.8) is 0 Å². The lowest BCUT2D eigenvalue weighted by molar-refractivity contribution is -0.117. The van der Waals surface area contributed by atoms with Crippen molar-refractivity contribution in [1.29, 1.82) is 0 Å². The largest absolute Gasteiger partial charge is 0.455 e. The van der Waals surface area contributed by atoms with Gasteiger partial charge >= 0.3 is 0 Å². The maximum atomic E-state index is 13.6. The molecule has 2 aromatic carbocycles. The smallest absolute Gasteiger partial charge is 0.226 e. The number of benzene rings is 2. The number of carbonyl (C=O) groups is 1. The van der Waals surface area contributed by atoms with Gasteiger partial charge in [0.1, 0.15) is 11.6 Å². The molecule has 2 N–H and O–H groups in total. The number of hydrogen-bond acceptors (Lipinski definition) is 4. The third kappa shape index (κ3) is 5.70. The fourth-order valence-electron chi connectivity index (χ4n) is 2.48. The van der Waals surface area contributed by atoms with Gasteiger partial charge in [-0.05, 0) is 24.3 Å². The molecule has 0 saturated carbocycles. The van der Waals surface area contributed by atoms with Crippen LogP contribution in [0.15, 0.2) is 48.5 Å². The fourth-order valence-corrected chi connectivity index (χ4v) is 2.48. The summed E-state index contributed by atoms with van der Waals surface area (Å²) in [5.74, 6) is 0.345. The molecule has 1 fully saturated rings. The molecule has 0 bridgehead atoms. The average Bonchev–Trinajstić information content (AvgIpc) is 2.59. The predicted molar refractivity (Wildman–Crippen MR) is 96.0 cm³/mol. The van der Waals surface area contributed by atoms with E-state index in [1.807, 2.05) is 18.2 Å². The number of carbonyl (C=O) groups excluding carboxylic acids is 1. The molecule has 134 valence electrons. The van der Waals surface area contributed by atoms with Crippen LogP contribution in [0.3, 0.4) is 0 Å². The molecule has 1 atom stereocenters. The molecule has 1 amide bonds. The van der Waals surface area contributed by atoms with Crippen LogP contribution in [0.4, 0.5) is 10.1 Å². The third-order valence-corrected chi connectivity index (χ3v) is 3.62. The van der Waals surface area contributed by atoms with Crippen LogP contribution >= 0.6 is 12.4 Å². The van der Waals surface area contributed by atoms with E-state index in [0.29, 0.717) is 30.4 Å². The number of rotatable bonds is 5. The van der Waals surface area contributed by atoms with Gasteiger partial charge in [0.2, 0.25) is 5.91 Å². The van der Waals surface area contributed by atoms with E-state index in [1.165, 1.54) is 18.2 Å². The second kappa shape index (κ2) is 9.36. The molecule has 7 heteroatoms. The van der Waals surface area contributed by atoms with E-state index in [1.54, 1.807) is 12.1 Å². The number of ether oxygens (including phenoxy) is 2. The summed E-state index contributed by atoms with van der Waals surface area (Å²) < 4.78 is 24.6. The van der Waals surface area contributed by atoms with Crippen LogP contribution in [0.25, 0.3) is 0 Å². The molecule has 0 aliphatic carbocycles. The van der Waals surface area contributed by atoms with Gasteiger partial charge in [0.15, 0.2) is 5.75 Å². The monoisotopic (exact) mass is 366 g/mol. The van der Waals surface area contributed by atoms with Gasteiger partial charge in [0.05, 0.1) is 18.9 Å². The molecule has 3 rings (SSSR count). The Morgan fingerprint density at radius 3 is 2.80 bits per heavy atom. The normalized spacial score (nSPS) is 16.6. The standard InChI is InChI=1S/C18H19FN2O3.ClH/c19-13-6-7-17(24-15-4-2-1-3-5-15)16(10-13)21-18(22)11-14-12-23-9-8-20-14;/h1-7,10,14,20H,8-9,11-12H2,(H,21,22);1H. The molecule has 25 heavy (non-hydrogen) atoms. The van der Waals surface area contributed by atoms with Crippen molar-refractivity contribution in [2.24, 2.45) is 0 Å². The average molecular weight is 367 g/mol. The highest BCUT2D eigenvalue weighted by Crippen LogP contribution is 2.30. The quantitative estimate of drug-likeness (QED) is 0.852. The summed E-state index contributed by atoms with van der Waals surface area (Å²) in [6.45, 7) is 1.86. The van der Waals surface area contributed by atoms with Crippen molar-refractivity contribution in [2.75, 3.05) is 25.1 Å². The second-order valence-corrected chi connectivity index (χ2v) is 5.53. The van der Waals surface area contributed by atoms with Gasteiger partial charge in [-0.3, -0.25) is 4.79 Å². The van der Waals surface area contributed by atoms with E-state index in [4.69, 9.17) is 9.47 Å². The van der Waals surface area contributed by atoms with Crippen molar-refractivity contribution in [2.45, 2.75) is 12.5 Å². The second-order valence-electron chi connectivity index (χ2n) is 5.53. The van der Waals surface area contributed by atoms with Gasteiger partial charge < -0.3 is 20.1 Å². The van der Waals surface area contributed by atoms with Crippen LogP contribution in [-0.2, 0) is 9.53 Å².